The zero-order valence-corrected chi connectivity index (χ0v) is 9.82. The molecule has 0 fully saturated rings. The third-order valence-corrected chi connectivity index (χ3v) is 2.88. The fraction of sp³-hybridized carbons (Fsp3) is 0.154. The fourth-order valence-electron chi connectivity index (χ4n) is 1.85. The highest BCUT2D eigenvalue weighted by Crippen LogP contribution is 2.29. The molecule has 0 spiro atoms. The summed E-state index contributed by atoms with van der Waals surface area (Å²) in [5.41, 5.74) is 5.30. The second-order valence-corrected chi connectivity index (χ2v) is 4.22. The number of nitrogens with zero attached hydrogens (tertiary/aromatic N) is 1. The van der Waals surface area contributed by atoms with E-state index in [2.05, 4.69) is 0 Å². The number of allylic oxidation sites excluding steroid dienone is 1. The molecule has 2 N–H and O–H groups in total. The standard InChI is InChI=1S/C13H11FN2O3/c14-13(15)7-6-10(16(18)19)8-11(13)12(17)9-4-2-1-3-5-9/h1-8,11H,15H2/t11-,13-/m0/s1. The lowest BCUT2D eigenvalue weighted by atomic mass is 9.85. The van der Waals surface area contributed by atoms with Crippen molar-refractivity contribution in [2.24, 2.45) is 11.7 Å². The average Bonchev–Trinajstić information content (AvgIpc) is 2.38. The summed E-state index contributed by atoms with van der Waals surface area (Å²) in [6, 6.07) is 7.98. The van der Waals surface area contributed by atoms with Crippen LogP contribution in [0.15, 0.2) is 54.3 Å². The first-order valence-electron chi connectivity index (χ1n) is 5.54. The largest absolute Gasteiger partial charge is 0.295 e. The topological polar surface area (TPSA) is 86.2 Å². The lowest BCUT2D eigenvalue weighted by molar-refractivity contribution is -0.419. The van der Waals surface area contributed by atoms with Gasteiger partial charge in [0.05, 0.1) is 10.8 Å². The van der Waals surface area contributed by atoms with E-state index in [-0.39, 0.29) is 11.3 Å². The van der Waals surface area contributed by atoms with E-state index in [1.54, 1.807) is 18.2 Å². The number of carbonyl (C=O) groups is 1. The Balaban J connectivity index is 2.39. The number of hydrogen-bond donors (Lipinski definition) is 1. The SMILES string of the molecule is N[C@@]1(F)C=CC([N+](=O)[O-])=C[C@H]1C(=O)c1ccccc1. The minimum Gasteiger partial charge on any atom is -0.295 e. The van der Waals surface area contributed by atoms with Crippen LogP contribution in [0.4, 0.5) is 4.39 Å². The van der Waals surface area contributed by atoms with E-state index in [1.165, 1.54) is 12.1 Å². The van der Waals surface area contributed by atoms with Crippen LogP contribution in [0.3, 0.4) is 0 Å². The molecular weight excluding hydrogens is 251 g/mol. The van der Waals surface area contributed by atoms with Crippen LogP contribution in [0.1, 0.15) is 10.4 Å². The van der Waals surface area contributed by atoms with E-state index >= 15 is 0 Å². The Morgan fingerprint density at radius 1 is 1.37 bits per heavy atom. The van der Waals surface area contributed by atoms with Crippen LogP contribution in [-0.4, -0.2) is 16.5 Å². The number of nitrogens with two attached hydrogens (primary N) is 1. The van der Waals surface area contributed by atoms with Gasteiger partial charge < -0.3 is 0 Å². The molecule has 19 heavy (non-hydrogen) atoms. The fourth-order valence-corrected chi connectivity index (χ4v) is 1.85. The van der Waals surface area contributed by atoms with Crippen molar-refractivity contribution in [3.05, 3.63) is 69.9 Å². The first-order valence-corrected chi connectivity index (χ1v) is 5.54. The monoisotopic (exact) mass is 262 g/mol. The molecule has 0 aromatic heterocycles. The summed E-state index contributed by atoms with van der Waals surface area (Å²) < 4.78 is 14.1. The van der Waals surface area contributed by atoms with Crippen molar-refractivity contribution in [1.82, 2.24) is 0 Å². The van der Waals surface area contributed by atoms with Gasteiger partial charge in [0, 0.05) is 17.7 Å². The van der Waals surface area contributed by atoms with Gasteiger partial charge in [0.25, 0.3) is 5.70 Å². The molecule has 0 saturated carbocycles. The molecule has 1 aliphatic rings. The van der Waals surface area contributed by atoms with Gasteiger partial charge in [-0.2, -0.15) is 0 Å². The van der Waals surface area contributed by atoms with Crippen LogP contribution in [0.5, 0.6) is 0 Å². The summed E-state index contributed by atoms with van der Waals surface area (Å²) in [7, 11) is 0. The summed E-state index contributed by atoms with van der Waals surface area (Å²) in [6.45, 7) is 0. The summed E-state index contributed by atoms with van der Waals surface area (Å²) in [6.07, 6.45) is 2.76. The van der Waals surface area contributed by atoms with Gasteiger partial charge in [0.2, 0.25) is 0 Å². The Morgan fingerprint density at radius 3 is 2.58 bits per heavy atom. The zero-order chi connectivity index (χ0) is 14.0. The molecule has 0 saturated heterocycles. The number of benzene rings is 1. The molecule has 98 valence electrons. The number of rotatable bonds is 3. The van der Waals surface area contributed by atoms with Crippen molar-refractivity contribution >= 4 is 5.78 Å². The van der Waals surface area contributed by atoms with E-state index in [0.29, 0.717) is 0 Å². The molecular formula is C13H11FN2O3. The van der Waals surface area contributed by atoms with E-state index in [0.717, 1.165) is 18.2 Å². The summed E-state index contributed by atoms with van der Waals surface area (Å²) in [4.78, 5) is 22.2. The third kappa shape index (κ3) is 2.58. The predicted octanol–water partition coefficient (Wildman–Crippen LogP) is 1.84. The maximum Gasteiger partial charge on any atom is 0.266 e. The molecule has 1 aromatic rings. The number of carbonyl (C=O) groups excluding carboxylic acids is 1. The normalized spacial score (nSPS) is 25.8. The van der Waals surface area contributed by atoms with Gasteiger partial charge in [-0.3, -0.25) is 20.6 Å². The first kappa shape index (κ1) is 13.1. The highest BCUT2D eigenvalue weighted by Gasteiger charge is 2.41. The predicted molar refractivity (Wildman–Crippen MR) is 66.5 cm³/mol. The third-order valence-electron chi connectivity index (χ3n) is 2.88. The molecule has 6 heteroatoms. The van der Waals surface area contributed by atoms with E-state index in [1.807, 2.05) is 0 Å². The van der Waals surface area contributed by atoms with Crippen molar-refractivity contribution in [3.63, 3.8) is 0 Å². The van der Waals surface area contributed by atoms with Crippen LogP contribution in [0.2, 0.25) is 0 Å². The molecule has 0 amide bonds. The lowest BCUT2D eigenvalue weighted by Crippen LogP contribution is -2.45. The van der Waals surface area contributed by atoms with Crippen LogP contribution in [-0.2, 0) is 0 Å². The van der Waals surface area contributed by atoms with Gasteiger partial charge in [0.1, 0.15) is 0 Å². The molecule has 2 atom stereocenters. The van der Waals surface area contributed by atoms with Gasteiger partial charge in [-0.25, -0.2) is 4.39 Å². The van der Waals surface area contributed by atoms with E-state index in [4.69, 9.17) is 5.73 Å². The highest BCUT2D eigenvalue weighted by molar-refractivity contribution is 6.00. The molecule has 2 rings (SSSR count). The molecule has 0 aliphatic heterocycles. The number of halogens is 1. The Hall–Kier alpha value is -2.34. The minimum atomic E-state index is -2.42. The van der Waals surface area contributed by atoms with Gasteiger partial charge >= 0.3 is 0 Å². The van der Waals surface area contributed by atoms with Gasteiger partial charge in [-0.15, -0.1) is 0 Å². The van der Waals surface area contributed by atoms with Gasteiger partial charge in [-0.05, 0) is 6.08 Å². The van der Waals surface area contributed by atoms with Gasteiger partial charge in [-0.1, -0.05) is 30.3 Å². The number of Topliss-reactive ketones (excluding diaryl/α,β-unsaturated/α-hetero) is 1. The molecule has 0 heterocycles. The van der Waals surface area contributed by atoms with Crippen LogP contribution < -0.4 is 5.73 Å². The smallest absolute Gasteiger partial charge is 0.266 e. The number of nitro groups is 1. The second kappa shape index (κ2) is 4.74. The molecule has 0 radical (unpaired) electrons. The summed E-state index contributed by atoms with van der Waals surface area (Å²) >= 11 is 0. The molecule has 1 aromatic carbocycles. The van der Waals surface area contributed by atoms with Crippen LogP contribution in [0.25, 0.3) is 0 Å². The number of hydrogen-bond acceptors (Lipinski definition) is 4. The van der Waals surface area contributed by atoms with Crippen molar-refractivity contribution in [3.8, 4) is 0 Å². The summed E-state index contributed by atoms with van der Waals surface area (Å²) in [5, 5.41) is 10.7. The van der Waals surface area contributed by atoms with Crippen molar-refractivity contribution < 1.29 is 14.1 Å². The minimum absolute atomic E-state index is 0.259. The Bertz CT molecular complexity index is 579. The maximum atomic E-state index is 14.1. The number of ketones is 1. The lowest BCUT2D eigenvalue weighted by Gasteiger charge is -2.25. The van der Waals surface area contributed by atoms with Crippen LogP contribution in [0, 0.1) is 16.0 Å². The molecule has 5 nitrogen and oxygen atoms in total. The highest BCUT2D eigenvalue weighted by atomic mass is 19.1. The zero-order valence-electron chi connectivity index (χ0n) is 9.82. The number of alkyl halides is 1. The molecule has 1 aliphatic carbocycles. The average molecular weight is 262 g/mol. The Kier molecular flexibility index (Phi) is 3.26. The quantitative estimate of drug-likeness (QED) is 0.390. The van der Waals surface area contributed by atoms with Crippen LogP contribution >= 0.6 is 0 Å². The van der Waals surface area contributed by atoms with E-state index < -0.39 is 22.4 Å². The Morgan fingerprint density at radius 2 is 2.00 bits per heavy atom. The summed E-state index contributed by atoms with van der Waals surface area (Å²) in [5.74, 6) is -4.42. The second-order valence-electron chi connectivity index (χ2n) is 4.22. The van der Waals surface area contributed by atoms with Crippen molar-refractivity contribution in [2.75, 3.05) is 0 Å². The molecule has 0 bridgehead atoms. The van der Waals surface area contributed by atoms with E-state index in [9.17, 15) is 19.3 Å². The van der Waals surface area contributed by atoms with Crippen molar-refractivity contribution in [2.45, 2.75) is 5.79 Å². The maximum absolute atomic E-state index is 14.1. The van der Waals surface area contributed by atoms with Gasteiger partial charge in [0.15, 0.2) is 11.6 Å². The van der Waals surface area contributed by atoms with Crippen molar-refractivity contribution in [1.29, 1.82) is 0 Å². The molecule has 0 unspecified atom stereocenters. The Labute approximate surface area is 108 Å². The first-order chi connectivity index (χ1) is 8.92.